The van der Waals surface area contributed by atoms with Crippen LogP contribution in [0.5, 0.6) is 0 Å². The summed E-state index contributed by atoms with van der Waals surface area (Å²) in [5.74, 6) is 0. The van der Waals surface area contributed by atoms with Crippen LogP contribution < -0.4 is 0 Å². The van der Waals surface area contributed by atoms with E-state index in [0.717, 1.165) is 38.8 Å². The first-order valence-corrected chi connectivity index (χ1v) is 13.3. The second-order valence-corrected chi connectivity index (χ2v) is 10.5. The van der Waals surface area contributed by atoms with Gasteiger partial charge in [0.1, 0.15) is 0 Å². The van der Waals surface area contributed by atoms with Crippen molar-refractivity contribution in [1.82, 2.24) is 14.5 Å². The van der Waals surface area contributed by atoms with Crippen molar-refractivity contribution >= 4 is 54.4 Å². The van der Waals surface area contributed by atoms with E-state index in [-0.39, 0.29) is 0 Å². The molecule has 6 aromatic carbocycles. The number of rotatable bonds is 2. The highest BCUT2D eigenvalue weighted by atomic mass is 15.0. The van der Waals surface area contributed by atoms with Crippen LogP contribution in [0.1, 0.15) is 11.1 Å². The number of aromatic nitrogens is 3. The fourth-order valence-corrected chi connectivity index (χ4v) is 6.07. The summed E-state index contributed by atoms with van der Waals surface area (Å²) >= 11 is 0. The molecule has 0 aliphatic rings. The maximum atomic E-state index is 5.22. The highest BCUT2D eigenvalue weighted by Crippen LogP contribution is 2.36. The second kappa shape index (κ2) is 8.24. The average molecular weight is 500 g/mol. The van der Waals surface area contributed by atoms with Crippen LogP contribution in [-0.2, 0) is 0 Å². The smallest absolute Gasteiger partial charge is 0.0979 e. The molecule has 2 heterocycles. The van der Waals surface area contributed by atoms with E-state index in [1.807, 2.05) is 6.20 Å². The molecule has 39 heavy (non-hydrogen) atoms. The molecule has 0 radical (unpaired) electrons. The molecule has 0 bridgehead atoms. The zero-order chi connectivity index (χ0) is 26.1. The molecule has 8 rings (SSSR count). The van der Waals surface area contributed by atoms with Crippen LogP contribution in [0.4, 0.5) is 0 Å². The van der Waals surface area contributed by atoms with Gasteiger partial charge in [0.25, 0.3) is 0 Å². The van der Waals surface area contributed by atoms with Gasteiger partial charge in [0.15, 0.2) is 0 Å². The summed E-state index contributed by atoms with van der Waals surface area (Å²) in [4.78, 5) is 10.2. The lowest BCUT2D eigenvalue weighted by atomic mass is 9.97. The van der Waals surface area contributed by atoms with Crippen molar-refractivity contribution in [3.05, 3.63) is 127 Å². The first kappa shape index (κ1) is 22.0. The molecular weight excluding hydrogens is 474 g/mol. The summed E-state index contributed by atoms with van der Waals surface area (Å²) in [6.07, 6.45) is 1.92. The molecule has 0 aliphatic carbocycles. The Morgan fingerprint density at radius 2 is 1.08 bits per heavy atom. The molecule has 0 fully saturated rings. The molecule has 8 aromatic rings. The molecule has 0 aliphatic heterocycles. The molecule has 0 N–H and O–H groups in total. The van der Waals surface area contributed by atoms with Gasteiger partial charge in [-0.15, -0.1) is 0 Å². The van der Waals surface area contributed by atoms with Crippen LogP contribution in [0.25, 0.3) is 71.3 Å². The summed E-state index contributed by atoms with van der Waals surface area (Å²) < 4.78 is 2.34. The molecular formula is C36H25N3. The normalized spacial score (nSPS) is 11.8. The topological polar surface area (TPSA) is 30.7 Å². The minimum Gasteiger partial charge on any atom is -0.309 e. The lowest BCUT2D eigenvalue weighted by Gasteiger charge is -2.12. The Hall–Kier alpha value is -5.02. The first-order chi connectivity index (χ1) is 19.2. The van der Waals surface area contributed by atoms with E-state index in [2.05, 4.69) is 128 Å². The van der Waals surface area contributed by atoms with E-state index in [1.165, 1.54) is 43.7 Å². The fourth-order valence-electron chi connectivity index (χ4n) is 6.07. The minimum atomic E-state index is 0.881. The van der Waals surface area contributed by atoms with Gasteiger partial charge < -0.3 is 4.57 Å². The number of fused-ring (bicyclic) bond motifs is 9. The Kier molecular flexibility index (Phi) is 4.65. The summed E-state index contributed by atoms with van der Waals surface area (Å²) in [7, 11) is 0. The lowest BCUT2D eigenvalue weighted by Crippen LogP contribution is -1.95. The molecule has 3 nitrogen and oxygen atoms in total. The van der Waals surface area contributed by atoms with Crippen LogP contribution in [0.2, 0.25) is 0 Å². The molecule has 0 saturated carbocycles. The van der Waals surface area contributed by atoms with Crippen LogP contribution in [0.3, 0.4) is 0 Å². The van der Waals surface area contributed by atoms with Gasteiger partial charge in [-0.2, -0.15) is 0 Å². The monoisotopic (exact) mass is 499 g/mol. The number of aryl methyl sites for hydroxylation is 2. The Balaban J connectivity index is 1.32. The van der Waals surface area contributed by atoms with E-state index >= 15 is 0 Å². The minimum absolute atomic E-state index is 0.881. The summed E-state index contributed by atoms with van der Waals surface area (Å²) in [5, 5.41) is 7.28. The lowest BCUT2D eigenvalue weighted by molar-refractivity contribution is 1.18. The molecule has 0 unspecified atom stereocenters. The molecule has 184 valence electrons. The number of para-hydroxylation sites is 2. The summed E-state index contributed by atoms with van der Waals surface area (Å²) in [6, 6.07) is 39.1. The van der Waals surface area contributed by atoms with Gasteiger partial charge in [0, 0.05) is 32.8 Å². The van der Waals surface area contributed by atoms with Gasteiger partial charge in [-0.05, 0) is 61.0 Å². The van der Waals surface area contributed by atoms with Crippen molar-refractivity contribution < 1.29 is 0 Å². The van der Waals surface area contributed by atoms with E-state index < -0.39 is 0 Å². The first-order valence-electron chi connectivity index (χ1n) is 13.3. The average Bonchev–Trinajstić information content (AvgIpc) is 3.31. The highest BCUT2D eigenvalue weighted by Gasteiger charge is 2.14. The SMILES string of the molecule is Cc1ccc2c3ccc(C)cc3c3nc(-c4ccc(-n5c6ccccc6c6ccccc65)cc4)cnc3c2c1. The zero-order valence-corrected chi connectivity index (χ0v) is 21.8. The molecule has 0 atom stereocenters. The fraction of sp³-hybridized carbons (Fsp3) is 0.0556. The molecule has 3 heteroatoms. The van der Waals surface area contributed by atoms with Crippen molar-refractivity contribution in [2.75, 3.05) is 0 Å². The maximum absolute atomic E-state index is 5.22. The molecule has 2 aromatic heterocycles. The molecule has 0 amide bonds. The third-order valence-corrected chi connectivity index (χ3v) is 7.92. The number of benzene rings is 6. The van der Waals surface area contributed by atoms with Gasteiger partial charge >= 0.3 is 0 Å². The van der Waals surface area contributed by atoms with E-state index in [1.54, 1.807) is 0 Å². The largest absolute Gasteiger partial charge is 0.309 e. The second-order valence-electron chi connectivity index (χ2n) is 10.5. The van der Waals surface area contributed by atoms with Crippen molar-refractivity contribution in [2.45, 2.75) is 13.8 Å². The summed E-state index contributed by atoms with van der Waals surface area (Å²) in [6.45, 7) is 4.26. The van der Waals surface area contributed by atoms with Crippen molar-refractivity contribution in [3.63, 3.8) is 0 Å². The van der Waals surface area contributed by atoms with Gasteiger partial charge in [0.2, 0.25) is 0 Å². The van der Waals surface area contributed by atoms with Crippen molar-refractivity contribution in [2.24, 2.45) is 0 Å². The standard InChI is InChI=1S/C36H25N3/c1-22-11-17-26-27-18-12-23(2)20-31(27)36-35(30(26)19-22)37-21-32(38-36)24-13-15-25(16-14-24)39-33-9-5-3-7-28(33)29-8-4-6-10-34(29)39/h3-21H,1-2H3. The van der Waals surface area contributed by atoms with E-state index in [9.17, 15) is 0 Å². The van der Waals surface area contributed by atoms with Gasteiger partial charge in [0.05, 0.1) is 34.0 Å². The predicted octanol–water partition coefficient (Wildman–Crippen LogP) is 9.32. The zero-order valence-electron chi connectivity index (χ0n) is 21.8. The van der Waals surface area contributed by atoms with Gasteiger partial charge in [-0.3, -0.25) is 4.98 Å². The molecule has 0 saturated heterocycles. The number of nitrogens with zero attached hydrogens (tertiary/aromatic N) is 3. The Bertz CT molecular complexity index is 2180. The van der Waals surface area contributed by atoms with Gasteiger partial charge in [-0.25, -0.2) is 4.98 Å². The van der Waals surface area contributed by atoms with E-state index in [4.69, 9.17) is 9.97 Å². The van der Waals surface area contributed by atoms with Crippen LogP contribution in [-0.4, -0.2) is 14.5 Å². The summed E-state index contributed by atoms with van der Waals surface area (Å²) in [5.41, 5.74) is 9.84. The third-order valence-electron chi connectivity index (χ3n) is 7.92. The molecule has 0 spiro atoms. The number of hydrogen-bond acceptors (Lipinski definition) is 2. The van der Waals surface area contributed by atoms with Crippen LogP contribution >= 0.6 is 0 Å². The Morgan fingerprint density at radius 3 is 1.69 bits per heavy atom. The Morgan fingerprint density at radius 1 is 0.513 bits per heavy atom. The van der Waals surface area contributed by atoms with Crippen LogP contribution in [0, 0.1) is 13.8 Å². The van der Waals surface area contributed by atoms with Crippen LogP contribution in [0.15, 0.2) is 115 Å². The van der Waals surface area contributed by atoms with Crippen molar-refractivity contribution in [3.8, 4) is 16.9 Å². The predicted molar refractivity (Wildman–Crippen MR) is 164 cm³/mol. The highest BCUT2D eigenvalue weighted by molar-refractivity contribution is 6.23. The third kappa shape index (κ3) is 3.30. The Labute approximate surface area is 226 Å². The van der Waals surface area contributed by atoms with Gasteiger partial charge in [-0.1, -0.05) is 83.9 Å². The van der Waals surface area contributed by atoms with E-state index in [0.29, 0.717) is 0 Å². The van der Waals surface area contributed by atoms with Crippen molar-refractivity contribution in [1.29, 1.82) is 0 Å². The maximum Gasteiger partial charge on any atom is 0.0979 e. The quantitative estimate of drug-likeness (QED) is 0.222. The number of hydrogen-bond donors (Lipinski definition) is 0.